The number of carbonyl (C=O) groups excluding carboxylic acids is 1. The van der Waals surface area contributed by atoms with E-state index >= 15 is 0 Å². The van der Waals surface area contributed by atoms with Gasteiger partial charge >= 0.3 is 0 Å². The molecule has 0 spiro atoms. The van der Waals surface area contributed by atoms with Crippen LogP contribution in [0.4, 0.5) is 0 Å². The first kappa shape index (κ1) is 16.5. The van der Waals surface area contributed by atoms with Gasteiger partial charge in [-0.2, -0.15) is 5.10 Å². The van der Waals surface area contributed by atoms with Crippen molar-refractivity contribution in [3.63, 3.8) is 0 Å². The second-order valence-corrected chi connectivity index (χ2v) is 5.53. The van der Waals surface area contributed by atoms with Crippen molar-refractivity contribution in [1.29, 1.82) is 0 Å². The minimum atomic E-state index is -0.0940. The number of para-hydroxylation sites is 1. The molecule has 22 heavy (non-hydrogen) atoms. The van der Waals surface area contributed by atoms with E-state index in [4.69, 9.17) is 0 Å². The molecule has 2 atom stereocenters. The summed E-state index contributed by atoms with van der Waals surface area (Å²) in [6, 6.07) is 11.8. The summed E-state index contributed by atoms with van der Waals surface area (Å²) >= 11 is 0. The minimum absolute atomic E-state index is 0. The molecule has 1 aliphatic heterocycles. The summed E-state index contributed by atoms with van der Waals surface area (Å²) < 4.78 is 1.72. The highest BCUT2D eigenvalue weighted by molar-refractivity contribution is 5.92. The number of aromatic nitrogens is 2. The van der Waals surface area contributed by atoms with Crippen LogP contribution >= 0.6 is 12.4 Å². The predicted molar refractivity (Wildman–Crippen MR) is 88.7 cm³/mol. The zero-order chi connectivity index (χ0) is 14.7. The average Bonchev–Trinajstić information content (AvgIpc) is 3.00. The summed E-state index contributed by atoms with van der Waals surface area (Å²) in [5, 5.41) is 10.8. The maximum atomic E-state index is 12.3. The molecule has 2 unspecified atom stereocenters. The third-order valence-corrected chi connectivity index (χ3v) is 3.94. The molecule has 2 heterocycles. The predicted octanol–water partition coefficient (Wildman–Crippen LogP) is 2.02. The van der Waals surface area contributed by atoms with Crippen molar-refractivity contribution in [1.82, 2.24) is 20.4 Å². The van der Waals surface area contributed by atoms with Crippen LogP contribution in [0.1, 0.15) is 23.8 Å². The Morgan fingerprint density at radius 1 is 1.32 bits per heavy atom. The van der Waals surface area contributed by atoms with E-state index in [1.807, 2.05) is 36.5 Å². The van der Waals surface area contributed by atoms with Gasteiger partial charge in [-0.1, -0.05) is 25.1 Å². The first-order valence-corrected chi connectivity index (χ1v) is 7.37. The Hall–Kier alpha value is -1.85. The summed E-state index contributed by atoms with van der Waals surface area (Å²) in [6.07, 6.45) is 2.78. The fraction of sp³-hybridized carbons (Fsp3) is 0.375. The molecular formula is C16H21ClN4O. The zero-order valence-corrected chi connectivity index (χ0v) is 13.3. The van der Waals surface area contributed by atoms with Crippen LogP contribution in [-0.4, -0.2) is 34.8 Å². The van der Waals surface area contributed by atoms with Crippen molar-refractivity contribution < 1.29 is 4.79 Å². The van der Waals surface area contributed by atoms with Crippen molar-refractivity contribution in [2.24, 2.45) is 5.92 Å². The third-order valence-electron chi connectivity index (χ3n) is 3.94. The van der Waals surface area contributed by atoms with Gasteiger partial charge in [0, 0.05) is 12.2 Å². The molecule has 1 aromatic heterocycles. The Morgan fingerprint density at radius 3 is 2.82 bits per heavy atom. The molecule has 1 aromatic carbocycles. The van der Waals surface area contributed by atoms with E-state index < -0.39 is 0 Å². The largest absolute Gasteiger partial charge is 0.348 e. The summed E-state index contributed by atoms with van der Waals surface area (Å²) in [7, 11) is 0. The number of nitrogens with one attached hydrogen (secondary N) is 2. The van der Waals surface area contributed by atoms with Crippen LogP contribution in [0, 0.1) is 5.92 Å². The molecule has 2 N–H and O–H groups in total. The molecule has 1 amide bonds. The second kappa shape index (κ2) is 7.42. The Labute approximate surface area is 136 Å². The molecule has 0 bridgehead atoms. The summed E-state index contributed by atoms with van der Waals surface area (Å²) in [4.78, 5) is 12.3. The summed E-state index contributed by atoms with van der Waals surface area (Å²) in [5.74, 6) is 0.349. The van der Waals surface area contributed by atoms with Gasteiger partial charge in [0.25, 0.3) is 5.91 Å². The van der Waals surface area contributed by atoms with Crippen LogP contribution in [0.15, 0.2) is 42.6 Å². The van der Waals surface area contributed by atoms with E-state index in [1.54, 1.807) is 10.7 Å². The number of halogens is 1. The molecule has 1 fully saturated rings. The fourth-order valence-corrected chi connectivity index (χ4v) is 2.64. The van der Waals surface area contributed by atoms with Gasteiger partial charge in [-0.3, -0.25) is 4.79 Å². The highest BCUT2D eigenvalue weighted by Crippen LogP contribution is 2.12. The van der Waals surface area contributed by atoms with Crippen LogP contribution in [0.2, 0.25) is 0 Å². The molecule has 0 aliphatic carbocycles. The number of hydrogen-bond acceptors (Lipinski definition) is 3. The first-order chi connectivity index (χ1) is 10.2. The van der Waals surface area contributed by atoms with E-state index in [0.29, 0.717) is 11.6 Å². The van der Waals surface area contributed by atoms with Gasteiger partial charge in [-0.25, -0.2) is 4.68 Å². The monoisotopic (exact) mass is 320 g/mol. The van der Waals surface area contributed by atoms with Crippen molar-refractivity contribution >= 4 is 18.3 Å². The third kappa shape index (κ3) is 3.67. The Kier molecular flexibility index (Phi) is 5.57. The molecular weight excluding hydrogens is 300 g/mol. The number of amides is 1. The van der Waals surface area contributed by atoms with Crippen molar-refractivity contribution in [3.05, 3.63) is 48.3 Å². The number of nitrogens with zero attached hydrogens (tertiary/aromatic N) is 2. The van der Waals surface area contributed by atoms with Crippen LogP contribution < -0.4 is 10.6 Å². The summed E-state index contributed by atoms with van der Waals surface area (Å²) in [5.41, 5.74) is 1.41. The topological polar surface area (TPSA) is 58.9 Å². The molecule has 0 radical (unpaired) electrons. The number of hydrogen-bond donors (Lipinski definition) is 2. The van der Waals surface area contributed by atoms with Gasteiger partial charge in [0.1, 0.15) is 0 Å². The standard InChI is InChI=1S/C16H20N4O.ClH/c1-12-11-17-9-7-14(12)18-16(21)15-8-10-20(19-15)13-5-3-2-4-6-13;/h2-6,8,10,12,14,17H,7,9,11H2,1H3,(H,18,21);1H. The van der Waals surface area contributed by atoms with Gasteiger partial charge in [0.15, 0.2) is 5.69 Å². The Balaban J connectivity index is 0.00000176. The lowest BCUT2D eigenvalue weighted by atomic mass is 9.95. The van der Waals surface area contributed by atoms with E-state index in [-0.39, 0.29) is 24.4 Å². The van der Waals surface area contributed by atoms with Crippen molar-refractivity contribution in [2.45, 2.75) is 19.4 Å². The molecule has 0 saturated carbocycles. The number of rotatable bonds is 3. The number of piperidine rings is 1. The normalized spacial score (nSPS) is 21.0. The van der Waals surface area contributed by atoms with Crippen molar-refractivity contribution in [2.75, 3.05) is 13.1 Å². The van der Waals surface area contributed by atoms with Crippen molar-refractivity contribution in [3.8, 4) is 5.69 Å². The van der Waals surface area contributed by atoms with Gasteiger partial charge in [0.2, 0.25) is 0 Å². The number of benzene rings is 1. The average molecular weight is 321 g/mol. The maximum Gasteiger partial charge on any atom is 0.272 e. The molecule has 5 nitrogen and oxygen atoms in total. The van der Waals surface area contributed by atoms with E-state index in [2.05, 4.69) is 22.7 Å². The van der Waals surface area contributed by atoms with E-state index in [0.717, 1.165) is 25.2 Å². The van der Waals surface area contributed by atoms with Gasteiger partial charge < -0.3 is 10.6 Å². The smallest absolute Gasteiger partial charge is 0.272 e. The molecule has 6 heteroatoms. The lowest BCUT2D eigenvalue weighted by Crippen LogP contribution is -2.48. The second-order valence-electron chi connectivity index (χ2n) is 5.53. The van der Waals surface area contributed by atoms with Gasteiger partial charge in [-0.15, -0.1) is 12.4 Å². The maximum absolute atomic E-state index is 12.3. The lowest BCUT2D eigenvalue weighted by molar-refractivity contribution is 0.0908. The van der Waals surface area contributed by atoms with Crippen LogP contribution in [-0.2, 0) is 0 Å². The molecule has 2 aromatic rings. The summed E-state index contributed by atoms with van der Waals surface area (Å²) in [6.45, 7) is 4.05. The number of carbonyl (C=O) groups is 1. The van der Waals surface area contributed by atoms with Gasteiger partial charge in [0.05, 0.1) is 5.69 Å². The molecule has 1 aliphatic rings. The molecule has 118 valence electrons. The van der Waals surface area contributed by atoms with Crippen LogP contribution in [0.25, 0.3) is 5.69 Å². The first-order valence-electron chi connectivity index (χ1n) is 7.37. The minimum Gasteiger partial charge on any atom is -0.348 e. The van der Waals surface area contributed by atoms with E-state index in [9.17, 15) is 4.79 Å². The SMILES string of the molecule is CC1CNCCC1NC(=O)c1ccn(-c2ccccc2)n1.Cl. The fourth-order valence-electron chi connectivity index (χ4n) is 2.64. The highest BCUT2D eigenvalue weighted by Gasteiger charge is 2.23. The molecule has 1 saturated heterocycles. The van der Waals surface area contributed by atoms with Gasteiger partial charge in [-0.05, 0) is 43.6 Å². The van der Waals surface area contributed by atoms with E-state index in [1.165, 1.54) is 0 Å². The molecule has 3 rings (SSSR count). The quantitative estimate of drug-likeness (QED) is 0.909. The van der Waals surface area contributed by atoms with Crippen LogP contribution in [0.5, 0.6) is 0 Å². The Morgan fingerprint density at radius 2 is 2.09 bits per heavy atom. The highest BCUT2D eigenvalue weighted by atomic mass is 35.5. The van der Waals surface area contributed by atoms with Crippen LogP contribution in [0.3, 0.4) is 0 Å². The Bertz CT molecular complexity index is 614. The zero-order valence-electron chi connectivity index (χ0n) is 12.5. The lowest BCUT2D eigenvalue weighted by Gasteiger charge is -2.29.